The van der Waals surface area contributed by atoms with Crippen molar-refractivity contribution in [3.63, 3.8) is 0 Å². The van der Waals surface area contributed by atoms with E-state index >= 15 is 0 Å². The summed E-state index contributed by atoms with van der Waals surface area (Å²) >= 11 is 0. The van der Waals surface area contributed by atoms with E-state index in [2.05, 4.69) is 26.1 Å². The number of aromatic nitrogens is 2. The van der Waals surface area contributed by atoms with Crippen molar-refractivity contribution >= 4 is 0 Å². The highest BCUT2D eigenvalue weighted by atomic mass is 19.3. The van der Waals surface area contributed by atoms with Gasteiger partial charge in [-0.05, 0) is 24.6 Å². The third-order valence-corrected chi connectivity index (χ3v) is 4.15. The fourth-order valence-electron chi connectivity index (χ4n) is 2.91. The van der Waals surface area contributed by atoms with Crippen molar-refractivity contribution in [3.8, 4) is 5.75 Å². The molecule has 3 rings (SSSR count). The minimum Gasteiger partial charge on any atom is -0.435 e. The molecule has 0 amide bonds. The van der Waals surface area contributed by atoms with Crippen molar-refractivity contribution in [2.45, 2.75) is 32.7 Å². The lowest BCUT2D eigenvalue weighted by atomic mass is 10.1. The van der Waals surface area contributed by atoms with Gasteiger partial charge in [0.2, 0.25) is 0 Å². The molecule has 7 heteroatoms. The summed E-state index contributed by atoms with van der Waals surface area (Å²) < 4.78 is 36.8. The number of rotatable bonds is 6. The maximum atomic E-state index is 12.2. The molecule has 0 saturated carbocycles. The van der Waals surface area contributed by atoms with Crippen LogP contribution in [0.5, 0.6) is 5.75 Å². The lowest BCUT2D eigenvalue weighted by Crippen LogP contribution is -2.38. The Hall–Kier alpha value is -1.99. The summed E-state index contributed by atoms with van der Waals surface area (Å²) in [6.07, 6.45) is 3.66. The Balaban J connectivity index is 1.62. The van der Waals surface area contributed by atoms with Crippen LogP contribution in [0.3, 0.4) is 0 Å². The smallest absolute Gasteiger partial charge is 0.387 e. The van der Waals surface area contributed by atoms with Crippen LogP contribution in [0.15, 0.2) is 36.8 Å². The molecule has 0 radical (unpaired) electrons. The van der Waals surface area contributed by atoms with E-state index in [1.165, 1.54) is 5.69 Å². The van der Waals surface area contributed by atoms with E-state index in [9.17, 15) is 8.78 Å². The Morgan fingerprint density at radius 3 is 2.83 bits per heavy atom. The number of halogens is 2. The molecule has 0 N–H and O–H groups in total. The van der Waals surface area contributed by atoms with Crippen LogP contribution in [0, 0.1) is 0 Å². The number of aryl methyl sites for hydroxylation is 1. The lowest BCUT2D eigenvalue weighted by Gasteiger charge is -2.33. The normalized spacial score (nSPS) is 18.9. The number of alkyl halides is 2. The molecule has 0 aliphatic carbocycles. The van der Waals surface area contributed by atoms with Crippen LogP contribution in [-0.2, 0) is 17.8 Å². The van der Waals surface area contributed by atoms with E-state index in [1.807, 2.05) is 12.5 Å². The average molecular weight is 337 g/mol. The van der Waals surface area contributed by atoms with Gasteiger partial charge in [0, 0.05) is 32.4 Å². The van der Waals surface area contributed by atoms with Crippen LogP contribution in [0.1, 0.15) is 24.3 Å². The maximum Gasteiger partial charge on any atom is 0.387 e. The number of benzene rings is 1. The largest absolute Gasteiger partial charge is 0.435 e. The van der Waals surface area contributed by atoms with Gasteiger partial charge in [0.15, 0.2) is 0 Å². The number of hydrogen-bond acceptors (Lipinski definition) is 4. The molecule has 24 heavy (non-hydrogen) atoms. The van der Waals surface area contributed by atoms with Crippen LogP contribution in [0.25, 0.3) is 0 Å². The highest BCUT2D eigenvalue weighted by Gasteiger charge is 2.23. The Morgan fingerprint density at radius 2 is 2.12 bits per heavy atom. The summed E-state index contributed by atoms with van der Waals surface area (Å²) in [5, 5.41) is 0. The van der Waals surface area contributed by atoms with Gasteiger partial charge in [-0.1, -0.05) is 12.1 Å². The molecule has 1 aromatic carbocycles. The third-order valence-electron chi connectivity index (χ3n) is 4.15. The molecular formula is C17H21F2N3O2. The summed E-state index contributed by atoms with van der Waals surface area (Å²) in [5.41, 5.74) is 2.14. The SMILES string of the molecule is CCn1cncc1CN1CCOC(c2ccc(OC(F)F)cc2)C1. The zero-order valence-corrected chi connectivity index (χ0v) is 13.6. The van der Waals surface area contributed by atoms with Crippen LogP contribution < -0.4 is 4.74 Å². The van der Waals surface area contributed by atoms with E-state index in [0.29, 0.717) is 6.61 Å². The summed E-state index contributed by atoms with van der Waals surface area (Å²) in [6.45, 7) is 3.26. The minimum absolute atomic E-state index is 0.0719. The average Bonchev–Trinajstić information content (AvgIpc) is 3.02. The van der Waals surface area contributed by atoms with E-state index < -0.39 is 6.61 Å². The second-order valence-electron chi connectivity index (χ2n) is 5.71. The summed E-state index contributed by atoms with van der Waals surface area (Å²) in [4.78, 5) is 6.52. The Morgan fingerprint density at radius 1 is 1.33 bits per heavy atom. The monoisotopic (exact) mass is 337 g/mol. The van der Waals surface area contributed by atoms with Gasteiger partial charge < -0.3 is 14.0 Å². The van der Waals surface area contributed by atoms with Crippen LogP contribution >= 0.6 is 0 Å². The van der Waals surface area contributed by atoms with Crippen molar-refractivity contribution in [2.75, 3.05) is 19.7 Å². The van der Waals surface area contributed by atoms with Gasteiger partial charge in [-0.2, -0.15) is 8.78 Å². The molecule has 1 unspecified atom stereocenters. The zero-order valence-electron chi connectivity index (χ0n) is 13.6. The Labute approximate surface area is 139 Å². The summed E-state index contributed by atoms with van der Waals surface area (Å²) in [6, 6.07) is 6.66. The molecule has 1 aliphatic heterocycles. The van der Waals surface area contributed by atoms with Gasteiger partial charge in [-0.25, -0.2) is 4.98 Å². The number of ether oxygens (including phenoxy) is 2. The van der Waals surface area contributed by atoms with Crippen LogP contribution in [0.4, 0.5) is 8.78 Å². The van der Waals surface area contributed by atoms with Crippen LogP contribution in [-0.4, -0.2) is 40.8 Å². The predicted octanol–water partition coefficient (Wildman–Crippen LogP) is 3.08. The highest BCUT2D eigenvalue weighted by molar-refractivity contribution is 5.29. The van der Waals surface area contributed by atoms with E-state index in [1.54, 1.807) is 24.3 Å². The fourth-order valence-corrected chi connectivity index (χ4v) is 2.91. The van der Waals surface area contributed by atoms with E-state index in [0.717, 1.165) is 31.7 Å². The number of hydrogen-bond donors (Lipinski definition) is 0. The molecular weight excluding hydrogens is 316 g/mol. The second kappa shape index (κ2) is 7.72. The first-order chi connectivity index (χ1) is 11.7. The number of imidazole rings is 1. The first-order valence-corrected chi connectivity index (χ1v) is 8.03. The lowest BCUT2D eigenvalue weighted by molar-refractivity contribution is -0.0500. The molecule has 1 aromatic heterocycles. The summed E-state index contributed by atoms with van der Waals surface area (Å²) in [5.74, 6) is 0.160. The zero-order chi connectivity index (χ0) is 16.9. The molecule has 1 aliphatic rings. The van der Waals surface area contributed by atoms with Crippen molar-refractivity contribution in [1.82, 2.24) is 14.5 Å². The topological polar surface area (TPSA) is 39.5 Å². The molecule has 2 aromatic rings. The Bertz CT molecular complexity index is 646. The summed E-state index contributed by atoms with van der Waals surface area (Å²) in [7, 11) is 0. The molecule has 5 nitrogen and oxygen atoms in total. The quantitative estimate of drug-likeness (QED) is 0.812. The van der Waals surface area contributed by atoms with Gasteiger partial charge >= 0.3 is 6.61 Å². The van der Waals surface area contributed by atoms with Crippen LogP contribution in [0.2, 0.25) is 0 Å². The third kappa shape index (κ3) is 4.10. The first-order valence-electron chi connectivity index (χ1n) is 8.03. The number of morpholine rings is 1. The van der Waals surface area contributed by atoms with Crippen molar-refractivity contribution < 1.29 is 18.3 Å². The maximum absolute atomic E-state index is 12.2. The van der Waals surface area contributed by atoms with Crippen molar-refractivity contribution in [3.05, 3.63) is 48.0 Å². The highest BCUT2D eigenvalue weighted by Crippen LogP contribution is 2.25. The molecule has 2 heterocycles. The van der Waals surface area contributed by atoms with Gasteiger partial charge in [0.05, 0.1) is 24.7 Å². The van der Waals surface area contributed by atoms with Gasteiger partial charge in [-0.15, -0.1) is 0 Å². The molecule has 1 atom stereocenters. The molecule has 1 saturated heterocycles. The van der Waals surface area contributed by atoms with Crippen molar-refractivity contribution in [1.29, 1.82) is 0 Å². The fraction of sp³-hybridized carbons (Fsp3) is 0.471. The Kier molecular flexibility index (Phi) is 5.42. The number of nitrogens with zero attached hydrogens (tertiary/aromatic N) is 3. The van der Waals surface area contributed by atoms with E-state index in [-0.39, 0.29) is 11.9 Å². The molecule has 0 bridgehead atoms. The van der Waals surface area contributed by atoms with Gasteiger partial charge in [0.1, 0.15) is 5.75 Å². The van der Waals surface area contributed by atoms with Gasteiger partial charge in [0.25, 0.3) is 0 Å². The standard InChI is InChI=1S/C17H21F2N3O2/c1-2-22-12-20-9-14(22)10-21-7-8-23-16(11-21)13-3-5-15(6-4-13)24-17(18)19/h3-6,9,12,16-17H,2,7-8,10-11H2,1H3. The van der Waals surface area contributed by atoms with Crippen molar-refractivity contribution in [2.24, 2.45) is 0 Å². The second-order valence-corrected chi connectivity index (χ2v) is 5.71. The molecule has 130 valence electrons. The molecule has 0 spiro atoms. The minimum atomic E-state index is -2.80. The van der Waals surface area contributed by atoms with Gasteiger partial charge in [-0.3, -0.25) is 4.90 Å². The van der Waals surface area contributed by atoms with E-state index in [4.69, 9.17) is 4.74 Å². The predicted molar refractivity (Wildman–Crippen MR) is 84.9 cm³/mol. The molecule has 1 fully saturated rings. The first kappa shape index (κ1) is 16.9.